The minimum atomic E-state index is -0.943. The van der Waals surface area contributed by atoms with Crippen molar-refractivity contribution in [1.29, 1.82) is 0 Å². The van der Waals surface area contributed by atoms with E-state index in [1.54, 1.807) is 0 Å². The lowest BCUT2D eigenvalue weighted by Gasteiger charge is -2.19. The largest absolute Gasteiger partial charge is 0.459 e. The molecule has 1 atom stereocenters. The number of benzene rings is 3. The SMILES string of the molecule is CC(C)(C)c1ccc(COC(=O)NC(CCCNC(=O)OCc2ccccc2)C(=O)OCc2ccccc2)cc1. The molecule has 2 N–H and O–H groups in total. The van der Waals surface area contributed by atoms with Crippen molar-refractivity contribution in [2.75, 3.05) is 6.54 Å². The zero-order valence-electron chi connectivity index (χ0n) is 23.4. The van der Waals surface area contributed by atoms with Crippen molar-refractivity contribution in [1.82, 2.24) is 10.6 Å². The molecule has 0 saturated heterocycles. The van der Waals surface area contributed by atoms with Crippen LogP contribution in [0.2, 0.25) is 0 Å². The average Bonchev–Trinajstić information content (AvgIpc) is 2.96. The van der Waals surface area contributed by atoms with E-state index in [4.69, 9.17) is 14.2 Å². The fraction of sp³-hybridized carbons (Fsp3) is 0.344. The van der Waals surface area contributed by atoms with Crippen molar-refractivity contribution in [3.63, 3.8) is 0 Å². The first-order chi connectivity index (χ1) is 19.2. The van der Waals surface area contributed by atoms with E-state index in [1.165, 1.54) is 5.56 Å². The Hall–Kier alpha value is -4.33. The number of carbonyl (C=O) groups excluding carboxylic acids is 3. The standard InChI is InChI=1S/C32H38N2O6/c1-32(2,3)27-18-16-26(17-19-27)23-40-31(37)34-28(29(35)38-21-24-11-6-4-7-12-24)15-10-20-33-30(36)39-22-25-13-8-5-9-14-25/h4-9,11-14,16-19,28H,10,15,20-23H2,1-3H3,(H,33,36)(H,34,37). The van der Waals surface area contributed by atoms with Gasteiger partial charge in [0.1, 0.15) is 25.9 Å². The number of hydrogen-bond donors (Lipinski definition) is 2. The Morgan fingerprint density at radius 1 is 0.675 bits per heavy atom. The molecule has 0 heterocycles. The van der Waals surface area contributed by atoms with Crippen LogP contribution in [0.5, 0.6) is 0 Å². The second-order valence-electron chi connectivity index (χ2n) is 10.4. The van der Waals surface area contributed by atoms with Crippen molar-refractivity contribution in [2.45, 2.75) is 64.9 Å². The lowest BCUT2D eigenvalue weighted by atomic mass is 9.87. The number of carbonyl (C=O) groups is 3. The second kappa shape index (κ2) is 15.3. The van der Waals surface area contributed by atoms with E-state index in [9.17, 15) is 14.4 Å². The van der Waals surface area contributed by atoms with Crippen LogP contribution in [0.25, 0.3) is 0 Å². The Morgan fingerprint density at radius 3 is 1.73 bits per heavy atom. The van der Waals surface area contributed by atoms with Crippen LogP contribution in [0.4, 0.5) is 9.59 Å². The highest BCUT2D eigenvalue weighted by molar-refractivity contribution is 5.81. The first kappa shape index (κ1) is 30.2. The van der Waals surface area contributed by atoms with Gasteiger partial charge in [0.25, 0.3) is 0 Å². The van der Waals surface area contributed by atoms with Crippen LogP contribution >= 0.6 is 0 Å². The number of alkyl carbamates (subject to hydrolysis) is 2. The Kier molecular flexibility index (Phi) is 11.6. The van der Waals surface area contributed by atoms with Gasteiger partial charge in [0.15, 0.2) is 0 Å². The van der Waals surface area contributed by atoms with Gasteiger partial charge in [0.05, 0.1) is 0 Å². The normalized spacial score (nSPS) is 11.7. The van der Waals surface area contributed by atoms with Gasteiger partial charge in [0.2, 0.25) is 0 Å². The smallest absolute Gasteiger partial charge is 0.408 e. The summed E-state index contributed by atoms with van der Waals surface area (Å²) in [7, 11) is 0. The highest BCUT2D eigenvalue weighted by Gasteiger charge is 2.23. The molecule has 0 aliphatic heterocycles. The summed E-state index contributed by atoms with van der Waals surface area (Å²) in [6, 6.07) is 25.6. The predicted octanol–water partition coefficient (Wildman–Crippen LogP) is 6.03. The number of ether oxygens (including phenoxy) is 3. The molecule has 8 nitrogen and oxygen atoms in total. The quantitative estimate of drug-likeness (QED) is 0.163. The molecule has 0 radical (unpaired) electrons. The van der Waals surface area contributed by atoms with Crippen LogP contribution in [-0.2, 0) is 44.2 Å². The van der Waals surface area contributed by atoms with Gasteiger partial charge in [-0.2, -0.15) is 0 Å². The van der Waals surface area contributed by atoms with Crippen LogP contribution in [0.15, 0.2) is 84.9 Å². The summed E-state index contributed by atoms with van der Waals surface area (Å²) < 4.78 is 16.0. The molecule has 40 heavy (non-hydrogen) atoms. The molecule has 3 rings (SSSR count). The van der Waals surface area contributed by atoms with E-state index in [2.05, 4.69) is 31.4 Å². The van der Waals surface area contributed by atoms with Crippen molar-refractivity contribution in [3.8, 4) is 0 Å². The second-order valence-corrected chi connectivity index (χ2v) is 10.4. The minimum absolute atomic E-state index is 0.0254. The van der Waals surface area contributed by atoms with Gasteiger partial charge in [-0.25, -0.2) is 14.4 Å². The van der Waals surface area contributed by atoms with Gasteiger partial charge in [0, 0.05) is 6.54 Å². The summed E-state index contributed by atoms with van der Waals surface area (Å²) in [5.41, 5.74) is 3.76. The summed E-state index contributed by atoms with van der Waals surface area (Å²) in [5.74, 6) is -0.581. The molecule has 0 spiro atoms. The lowest BCUT2D eigenvalue weighted by Crippen LogP contribution is -2.42. The Morgan fingerprint density at radius 2 is 1.18 bits per heavy atom. The molecular formula is C32H38N2O6. The summed E-state index contributed by atoms with van der Waals surface area (Å²) in [4.78, 5) is 37.4. The van der Waals surface area contributed by atoms with Crippen molar-refractivity contribution in [2.24, 2.45) is 0 Å². The Labute approximate surface area is 236 Å². The maximum absolute atomic E-state index is 12.8. The maximum Gasteiger partial charge on any atom is 0.408 e. The molecular weight excluding hydrogens is 508 g/mol. The topological polar surface area (TPSA) is 103 Å². The van der Waals surface area contributed by atoms with Crippen molar-refractivity contribution in [3.05, 3.63) is 107 Å². The van der Waals surface area contributed by atoms with Gasteiger partial charge in [-0.3, -0.25) is 0 Å². The average molecular weight is 547 g/mol. The van der Waals surface area contributed by atoms with E-state index in [-0.39, 0.29) is 38.2 Å². The number of rotatable bonds is 12. The minimum Gasteiger partial charge on any atom is -0.459 e. The first-order valence-electron chi connectivity index (χ1n) is 13.4. The molecule has 2 amide bonds. The molecule has 0 saturated carbocycles. The third-order valence-corrected chi connectivity index (χ3v) is 6.14. The number of esters is 1. The van der Waals surface area contributed by atoms with Crippen LogP contribution in [0.1, 0.15) is 55.9 Å². The van der Waals surface area contributed by atoms with E-state index >= 15 is 0 Å². The summed E-state index contributed by atoms with van der Waals surface area (Å²) in [6.45, 7) is 6.96. The fourth-order valence-electron chi connectivity index (χ4n) is 3.78. The molecule has 1 unspecified atom stereocenters. The van der Waals surface area contributed by atoms with Crippen molar-refractivity contribution >= 4 is 18.2 Å². The molecule has 3 aromatic carbocycles. The molecule has 0 fully saturated rings. The third kappa shape index (κ3) is 10.8. The van der Waals surface area contributed by atoms with Gasteiger partial charge >= 0.3 is 18.2 Å². The molecule has 0 aliphatic rings. The van der Waals surface area contributed by atoms with Gasteiger partial charge in [-0.1, -0.05) is 106 Å². The summed E-state index contributed by atoms with van der Waals surface area (Å²) in [6.07, 6.45) is -0.643. The van der Waals surface area contributed by atoms with Gasteiger partial charge in [-0.05, 0) is 40.5 Å². The van der Waals surface area contributed by atoms with E-state index in [0.717, 1.165) is 16.7 Å². The number of hydrogen-bond acceptors (Lipinski definition) is 6. The third-order valence-electron chi connectivity index (χ3n) is 6.14. The first-order valence-corrected chi connectivity index (χ1v) is 13.4. The van der Waals surface area contributed by atoms with Crippen LogP contribution in [0.3, 0.4) is 0 Å². The zero-order valence-corrected chi connectivity index (χ0v) is 23.4. The van der Waals surface area contributed by atoms with E-state index in [1.807, 2.05) is 84.9 Å². The predicted molar refractivity (Wildman–Crippen MR) is 152 cm³/mol. The number of nitrogens with one attached hydrogen (secondary N) is 2. The fourth-order valence-corrected chi connectivity index (χ4v) is 3.78. The van der Waals surface area contributed by atoms with E-state index in [0.29, 0.717) is 6.42 Å². The summed E-state index contributed by atoms with van der Waals surface area (Å²) >= 11 is 0. The molecule has 212 valence electrons. The summed E-state index contributed by atoms with van der Waals surface area (Å²) in [5, 5.41) is 5.28. The molecule has 0 bridgehead atoms. The molecule has 3 aromatic rings. The Bertz CT molecular complexity index is 1210. The van der Waals surface area contributed by atoms with Gasteiger partial charge in [-0.15, -0.1) is 0 Å². The van der Waals surface area contributed by atoms with Crippen molar-refractivity contribution < 1.29 is 28.6 Å². The molecule has 0 aromatic heterocycles. The molecule has 0 aliphatic carbocycles. The van der Waals surface area contributed by atoms with Gasteiger partial charge < -0.3 is 24.8 Å². The highest BCUT2D eigenvalue weighted by atomic mass is 16.6. The molecule has 8 heteroatoms. The monoisotopic (exact) mass is 546 g/mol. The van der Waals surface area contributed by atoms with Crippen LogP contribution < -0.4 is 10.6 Å². The lowest BCUT2D eigenvalue weighted by molar-refractivity contribution is -0.147. The maximum atomic E-state index is 12.8. The van der Waals surface area contributed by atoms with Crippen LogP contribution in [0, 0.1) is 0 Å². The zero-order chi connectivity index (χ0) is 28.8. The number of amides is 2. The Balaban J connectivity index is 1.48. The highest BCUT2D eigenvalue weighted by Crippen LogP contribution is 2.22. The van der Waals surface area contributed by atoms with Crippen LogP contribution in [-0.4, -0.2) is 30.7 Å². The van der Waals surface area contributed by atoms with E-state index < -0.39 is 24.2 Å².